The van der Waals surface area contributed by atoms with Gasteiger partial charge in [-0.25, -0.2) is 0 Å². The molecule has 0 aliphatic heterocycles. The third-order valence-corrected chi connectivity index (χ3v) is 2.18. The highest BCUT2D eigenvalue weighted by Gasteiger charge is 2.06. The first-order chi connectivity index (χ1) is 6.20. The number of esters is 1. The van der Waals surface area contributed by atoms with Crippen LogP contribution >= 0.6 is 12.6 Å². The molecule has 0 heterocycles. The standard InChI is InChI=1S/C10H20O2S/c1-3-4-5-6-7-9(2)12-10(11)8-13/h9,13H,3-8H2,1-2H3. The first kappa shape index (κ1) is 12.8. The molecule has 0 saturated heterocycles. The van der Waals surface area contributed by atoms with Gasteiger partial charge in [-0.3, -0.25) is 4.79 Å². The third kappa shape index (κ3) is 8.16. The summed E-state index contributed by atoms with van der Waals surface area (Å²) in [4.78, 5) is 10.8. The summed E-state index contributed by atoms with van der Waals surface area (Å²) in [6.45, 7) is 4.12. The molecule has 0 aromatic heterocycles. The predicted molar refractivity (Wildman–Crippen MR) is 58.2 cm³/mol. The molecule has 0 fully saturated rings. The average Bonchev–Trinajstić information content (AvgIpc) is 2.12. The smallest absolute Gasteiger partial charge is 0.315 e. The number of carbonyl (C=O) groups is 1. The van der Waals surface area contributed by atoms with E-state index in [1.165, 1.54) is 19.3 Å². The fourth-order valence-electron chi connectivity index (χ4n) is 1.18. The molecule has 0 amide bonds. The van der Waals surface area contributed by atoms with Crippen molar-refractivity contribution in [1.29, 1.82) is 0 Å². The zero-order valence-electron chi connectivity index (χ0n) is 8.58. The zero-order chi connectivity index (χ0) is 10.1. The number of rotatable bonds is 7. The Labute approximate surface area is 86.5 Å². The Kier molecular flexibility index (Phi) is 8.30. The van der Waals surface area contributed by atoms with E-state index in [-0.39, 0.29) is 17.8 Å². The van der Waals surface area contributed by atoms with E-state index >= 15 is 0 Å². The van der Waals surface area contributed by atoms with Crippen LogP contribution in [0.15, 0.2) is 0 Å². The molecule has 0 N–H and O–H groups in total. The van der Waals surface area contributed by atoms with Crippen LogP contribution in [0.3, 0.4) is 0 Å². The summed E-state index contributed by atoms with van der Waals surface area (Å²) in [6.07, 6.45) is 5.92. The van der Waals surface area contributed by atoms with Gasteiger partial charge in [0.05, 0.1) is 11.9 Å². The molecule has 78 valence electrons. The molecule has 0 aliphatic rings. The van der Waals surface area contributed by atoms with Crippen molar-refractivity contribution in [2.24, 2.45) is 0 Å². The first-order valence-corrected chi connectivity index (χ1v) is 5.64. The molecule has 3 heteroatoms. The molecule has 13 heavy (non-hydrogen) atoms. The Morgan fingerprint density at radius 1 is 1.38 bits per heavy atom. The van der Waals surface area contributed by atoms with Gasteiger partial charge in [0.2, 0.25) is 0 Å². The summed E-state index contributed by atoms with van der Waals surface area (Å²) in [5.74, 6) is -0.0365. The first-order valence-electron chi connectivity index (χ1n) is 5.01. The van der Waals surface area contributed by atoms with Crippen LogP contribution in [0.25, 0.3) is 0 Å². The van der Waals surface area contributed by atoms with Gasteiger partial charge in [-0.1, -0.05) is 26.2 Å². The van der Waals surface area contributed by atoms with Gasteiger partial charge in [0.1, 0.15) is 0 Å². The molecule has 1 atom stereocenters. The second-order valence-electron chi connectivity index (χ2n) is 3.31. The number of carbonyl (C=O) groups excluding carboxylic acids is 1. The largest absolute Gasteiger partial charge is 0.462 e. The maximum atomic E-state index is 10.8. The molecule has 0 aromatic carbocycles. The van der Waals surface area contributed by atoms with E-state index in [1.807, 2.05) is 6.92 Å². The quantitative estimate of drug-likeness (QED) is 0.392. The minimum Gasteiger partial charge on any atom is -0.462 e. The molecule has 0 radical (unpaired) electrons. The van der Waals surface area contributed by atoms with Crippen LogP contribution < -0.4 is 0 Å². The lowest BCUT2D eigenvalue weighted by molar-refractivity contribution is -0.145. The van der Waals surface area contributed by atoms with Crippen LogP contribution in [0.4, 0.5) is 0 Å². The van der Waals surface area contributed by atoms with Crippen molar-refractivity contribution >= 4 is 18.6 Å². The van der Waals surface area contributed by atoms with Crippen LogP contribution in [0.5, 0.6) is 0 Å². The lowest BCUT2D eigenvalue weighted by atomic mass is 10.1. The third-order valence-electron chi connectivity index (χ3n) is 1.93. The van der Waals surface area contributed by atoms with E-state index in [0.717, 1.165) is 12.8 Å². The van der Waals surface area contributed by atoms with Gasteiger partial charge in [-0.15, -0.1) is 0 Å². The van der Waals surface area contributed by atoms with Crippen molar-refractivity contribution in [3.8, 4) is 0 Å². The van der Waals surface area contributed by atoms with Crippen molar-refractivity contribution in [2.45, 2.75) is 52.1 Å². The predicted octanol–water partition coefficient (Wildman–Crippen LogP) is 2.82. The van der Waals surface area contributed by atoms with Gasteiger partial charge in [-0.05, 0) is 19.8 Å². The summed E-state index contributed by atoms with van der Waals surface area (Å²) in [7, 11) is 0. The Balaban J connectivity index is 3.29. The molecule has 0 aliphatic carbocycles. The Bertz CT molecular complexity index is 137. The van der Waals surface area contributed by atoms with Crippen molar-refractivity contribution in [2.75, 3.05) is 5.75 Å². The normalized spacial score (nSPS) is 12.5. The lowest BCUT2D eigenvalue weighted by Crippen LogP contribution is -2.15. The Morgan fingerprint density at radius 3 is 2.62 bits per heavy atom. The maximum absolute atomic E-state index is 10.8. The van der Waals surface area contributed by atoms with E-state index in [2.05, 4.69) is 19.6 Å². The van der Waals surface area contributed by atoms with Gasteiger partial charge >= 0.3 is 5.97 Å². The highest BCUT2D eigenvalue weighted by molar-refractivity contribution is 7.81. The van der Waals surface area contributed by atoms with Crippen LogP contribution in [-0.2, 0) is 9.53 Å². The molecule has 0 rings (SSSR count). The second kappa shape index (κ2) is 8.42. The van der Waals surface area contributed by atoms with E-state index < -0.39 is 0 Å². The molecule has 0 spiro atoms. The summed E-state index contributed by atoms with van der Waals surface area (Å²) < 4.78 is 5.06. The van der Waals surface area contributed by atoms with Crippen molar-refractivity contribution in [3.05, 3.63) is 0 Å². The highest BCUT2D eigenvalue weighted by atomic mass is 32.1. The molecule has 0 aromatic rings. The number of ether oxygens (including phenoxy) is 1. The summed E-state index contributed by atoms with van der Waals surface area (Å²) in [5.41, 5.74) is 0. The van der Waals surface area contributed by atoms with E-state index in [4.69, 9.17) is 4.74 Å². The van der Waals surface area contributed by atoms with E-state index in [9.17, 15) is 4.79 Å². The van der Waals surface area contributed by atoms with Crippen LogP contribution in [0.1, 0.15) is 46.0 Å². The molecule has 2 nitrogen and oxygen atoms in total. The van der Waals surface area contributed by atoms with Crippen LogP contribution in [-0.4, -0.2) is 17.8 Å². The van der Waals surface area contributed by atoms with Gasteiger partial charge in [0.25, 0.3) is 0 Å². The van der Waals surface area contributed by atoms with Crippen molar-refractivity contribution in [1.82, 2.24) is 0 Å². The van der Waals surface area contributed by atoms with Gasteiger partial charge in [0.15, 0.2) is 0 Å². The molecular formula is C10H20O2S. The van der Waals surface area contributed by atoms with Crippen molar-refractivity contribution in [3.63, 3.8) is 0 Å². The highest BCUT2D eigenvalue weighted by Crippen LogP contribution is 2.07. The Morgan fingerprint density at radius 2 is 2.08 bits per heavy atom. The number of unbranched alkanes of at least 4 members (excludes halogenated alkanes) is 3. The summed E-state index contributed by atoms with van der Waals surface area (Å²) >= 11 is 3.84. The van der Waals surface area contributed by atoms with E-state index in [1.54, 1.807) is 0 Å². The monoisotopic (exact) mass is 204 g/mol. The zero-order valence-corrected chi connectivity index (χ0v) is 9.48. The topological polar surface area (TPSA) is 26.3 Å². The maximum Gasteiger partial charge on any atom is 0.315 e. The number of thiol groups is 1. The van der Waals surface area contributed by atoms with Crippen LogP contribution in [0, 0.1) is 0 Å². The fraction of sp³-hybridized carbons (Fsp3) is 0.900. The fourth-order valence-corrected chi connectivity index (χ4v) is 1.25. The van der Waals surface area contributed by atoms with E-state index in [0.29, 0.717) is 0 Å². The Hall–Kier alpha value is -0.180. The number of hydrogen-bond donors (Lipinski definition) is 1. The second-order valence-corrected chi connectivity index (χ2v) is 3.62. The molecule has 1 unspecified atom stereocenters. The van der Waals surface area contributed by atoms with Crippen LogP contribution in [0.2, 0.25) is 0 Å². The van der Waals surface area contributed by atoms with Gasteiger partial charge in [0, 0.05) is 0 Å². The van der Waals surface area contributed by atoms with Gasteiger partial charge in [-0.2, -0.15) is 12.6 Å². The lowest BCUT2D eigenvalue weighted by Gasteiger charge is -2.11. The van der Waals surface area contributed by atoms with Gasteiger partial charge < -0.3 is 4.74 Å². The van der Waals surface area contributed by atoms with Crippen molar-refractivity contribution < 1.29 is 9.53 Å². The average molecular weight is 204 g/mol. The number of hydrogen-bond acceptors (Lipinski definition) is 3. The SMILES string of the molecule is CCCCCCC(C)OC(=O)CS. The minimum absolute atomic E-state index is 0.0523. The summed E-state index contributed by atoms with van der Waals surface area (Å²) in [6, 6.07) is 0. The minimum atomic E-state index is -0.216. The molecule has 0 saturated carbocycles. The molecule has 0 bridgehead atoms. The molecular weight excluding hydrogens is 184 g/mol. The summed E-state index contributed by atoms with van der Waals surface area (Å²) in [5, 5.41) is 0.